The molecule has 8 nitrogen and oxygen atoms in total. The van der Waals surface area contributed by atoms with Crippen LogP contribution in [0.25, 0.3) is 11.2 Å². The zero-order chi connectivity index (χ0) is 23.1. The number of aromatic nitrogens is 4. The fourth-order valence-corrected chi connectivity index (χ4v) is 3.72. The zero-order valence-corrected chi connectivity index (χ0v) is 19.3. The van der Waals surface area contributed by atoms with Gasteiger partial charge in [-0.3, -0.25) is 14.2 Å². The van der Waals surface area contributed by atoms with Gasteiger partial charge in [-0.25, -0.2) is 14.3 Å². The number of imidazole rings is 1. The molecule has 0 aliphatic heterocycles. The van der Waals surface area contributed by atoms with E-state index in [0.29, 0.717) is 5.65 Å². The fraction of sp³-hybridized carbons (Fsp3) is 0.478. The smallest absolute Gasteiger partial charge is 0.332 e. The highest BCUT2D eigenvalue weighted by Crippen LogP contribution is 2.26. The molecule has 0 spiro atoms. The standard InChI is InChI=1S/C23H31N5O3/c1-14(2)18(15-8-10-16(11-9-15)23(3,4)5)25-17(29)12-28-21(30)19-20(24-13-26(19)6)27(7)22(28)31/h8-11,13-14,18H,12H2,1-7H3,(H,25,29)/t18-/m1/s1. The molecule has 0 saturated heterocycles. The molecule has 1 amide bonds. The lowest BCUT2D eigenvalue weighted by atomic mass is 9.85. The molecule has 3 aromatic rings. The quantitative estimate of drug-likeness (QED) is 0.679. The van der Waals surface area contributed by atoms with Crippen LogP contribution in [0.1, 0.15) is 51.8 Å². The topological polar surface area (TPSA) is 90.9 Å². The Bertz CT molecular complexity index is 1220. The van der Waals surface area contributed by atoms with Gasteiger partial charge in [0, 0.05) is 14.1 Å². The van der Waals surface area contributed by atoms with E-state index in [1.54, 1.807) is 18.7 Å². The van der Waals surface area contributed by atoms with E-state index in [-0.39, 0.29) is 35.3 Å². The third kappa shape index (κ3) is 4.33. The summed E-state index contributed by atoms with van der Waals surface area (Å²) in [7, 11) is 3.22. The third-order valence-electron chi connectivity index (χ3n) is 5.62. The van der Waals surface area contributed by atoms with Gasteiger partial charge in [0.2, 0.25) is 5.91 Å². The van der Waals surface area contributed by atoms with E-state index in [1.165, 1.54) is 16.5 Å². The van der Waals surface area contributed by atoms with Gasteiger partial charge in [-0.15, -0.1) is 0 Å². The van der Waals surface area contributed by atoms with Crippen molar-refractivity contribution in [3.8, 4) is 0 Å². The van der Waals surface area contributed by atoms with Crippen molar-refractivity contribution < 1.29 is 4.79 Å². The van der Waals surface area contributed by atoms with Crippen molar-refractivity contribution in [1.82, 2.24) is 24.0 Å². The van der Waals surface area contributed by atoms with Crippen LogP contribution in [-0.2, 0) is 30.8 Å². The molecule has 0 bridgehead atoms. The van der Waals surface area contributed by atoms with Gasteiger partial charge in [0.15, 0.2) is 11.2 Å². The van der Waals surface area contributed by atoms with Crippen molar-refractivity contribution in [1.29, 1.82) is 0 Å². The summed E-state index contributed by atoms with van der Waals surface area (Å²) in [6, 6.07) is 7.97. The average Bonchev–Trinajstić information content (AvgIpc) is 3.08. The molecule has 0 unspecified atom stereocenters. The fourth-order valence-electron chi connectivity index (χ4n) is 3.72. The first-order valence-electron chi connectivity index (χ1n) is 10.4. The van der Waals surface area contributed by atoms with Crippen LogP contribution < -0.4 is 16.6 Å². The van der Waals surface area contributed by atoms with Crippen molar-refractivity contribution in [2.45, 2.75) is 52.6 Å². The third-order valence-corrected chi connectivity index (χ3v) is 5.62. The van der Waals surface area contributed by atoms with Crippen molar-refractivity contribution in [3.63, 3.8) is 0 Å². The number of rotatable bonds is 5. The summed E-state index contributed by atoms with van der Waals surface area (Å²) in [5.41, 5.74) is 1.73. The molecular formula is C23H31N5O3. The van der Waals surface area contributed by atoms with Gasteiger partial charge in [0.25, 0.3) is 5.56 Å². The Balaban J connectivity index is 1.89. The van der Waals surface area contributed by atoms with Gasteiger partial charge in [0.05, 0.1) is 12.4 Å². The van der Waals surface area contributed by atoms with Gasteiger partial charge < -0.3 is 9.88 Å². The van der Waals surface area contributed by atoms with Crippen LogP contribution in [0.15, 0.2) is 40.2 Å². The summed E-state index contributed by atoms with van der Waals surface area (Å²) in [4.78, 5) is 42.5. The average molecular weight is 426 g/mol. The molecule has 0 saturated carbocycles. The van der Waals surface area contributed by atoms with Crippen molar-refractivity contribution in [2.24, 2.45) is 20.0 Å². The van der Waals surface area contributed by atoms with Crippen LogP contribution in [-0.4, -0.2) is 24.6 Å². The molecule has 0 aliphatic rings. The number of aryl methyl sites for hydroxylation is 2. The van der Waals surface area contributed by atoms with E-state index in [4.69, 9.17) is 0 Å². The summed E-state index contributed by atoms with van der Waals surface area (Å²) in [6.07, 6.45) is 1.48. The van der Waals surface area contributed by atoms with E-state index in [0.717, 1.165) is 10.1 Å². The highest BCUT2D eigenvalue weighted by atomic mass is 16.2. The number of benzene rings is 1. The van der Waals surface area contributed by atoms with Gasteiger partial charge >= 0.3 is 5.69 Å². The molecule has 0 aliphatic carbocycles. The summed E-state index contributed by atoms with van der Waals surface area (Å²) in [5, 5.41) is 3.00. The lowest BCUT2D eigenvalue weighted by Gasteiger charge is -2.25. The molecule has 0 fully saturated rings. The minimum atomic E-state index is -0.568. The number of amides is 1. The first-order valence-corrected chi connectivity index (χ1v) is 10.4. The second kappa shape index (κ2) is 8.17. The second-order valence-corrected chi connectivity index (χ2v) is 9.42. The van der Waals surface area contributed by atoms with E-state index >= 15 is 0 Å². The largest absolute Gasteiger partial charge is 0.347 e. The van der Waals surface area contributed by atoms with Crippen molar-refractivity contribution in [2.75, 3.05) is 0 Å². The molecule has 1 aromatic carbocycles. The summed E-state index contributed by atoms with van der Waals surface area (Å²) in [6.45, 7) is 10.2. The highest BCUT2D eigenvalue weighted by molar-refractivity contribution is 5.77. The summed E-state index contributed by atoms with van der Waals surface area (Å²) < 4.78 is 3.80. The molecular weight excluding hydrogens is 394 g/mol. The SMILES string of the molecule is CC(C)[C@@H](NC(=O)Cn1c(=O)c2c(ncn2C)n(C)c1=O)c1ccc(C(C)(C)C)cc1. The molecule has 8 heteroatoms. The zero-order valence-electron chi connectivity index (χ0n) is 19.3. The Kier molecular flexibility index (Phi) is 5.93. The molecule has 1 atom stereocenters. The highest BCUT2D eigenvalue weighted by Gasteiger charge is 2.22. The van der Waals surface area contributed by atoms with E-state index in [1.807, 2.05) is 26.0 Å². The molecule has 2 heterocycles. The van der Waals surface area contributed by atoms with E-state index < -0.39 is 11.2 Å². The van der Waals surface area contributed by atoms with Gasteiger partial charge in [-0.05, 0) is 22.5 Å². The van der Waals surface area contributed by atoms with Crippen LogP contribution in [0.3, 0.4) is 0 Å². The number of nitrogens with one attached hydrogen (secondary N) is 1. The monoisotopic (exact) mass is 425 g/mol. The Labute approximate surface area is 181 Å². The predicted molar refractivity (Wildman–Crippen MR) is 121 cm³/mol. The maximum atomic E-state index is 12.9. The van der Waals surface area contributed by atoms with Crippen LogP contribution in [0.4, 0.5) is 0 Å². The van der Waals surface area contributed by atoms with Gasteiger partial charge in [-0.1, -0.05) is 58.9 Å². The maximum Gasteiger partial charge on any atom is 0.332 e. The summed E-state index contributed by atoms with van der Waals surface area (Å²) >= 11 is 0. The normalized spacial score (nSPS) is 13.0. The first-order chi connectivity index (χ1) is 14.4. The van der Waals surface area contributed by atoms with Crippen molar-refractivity contribution in [3.05, 3.63) is 62.6 Å². The molecule has 1 N–H and O–H groups in total. The Morgan fingerprint density at radius 3 is 2.26 bits per heavy atom. The van der Waals surface area contributed by atoms with E-state index in [9.17, 15) is 14.4 Å². The minimum Gasteiger partial charge on any atom is -0.347 e. The lowest BCUT2D eigenvalue weighted by Crippen LogP contribution is -2.44. The number of nitrogens with zero attached hydrogens (tertiary/aromatic N) is 4. The molecule has 3 rings (SSSR count). The van der Waals surface area contributed by atoms with Crippen LogP contribution >= 0.6 is 0 Å². The van der Waals surface area contributed by atoms with Gasteiger partial charge in [0.1, 0.15) is 6.54 Å². The molecule has 2 aromatic heterocycles. The number of hydrogen-bond acceptors (Lipinski definition) is 4. The lowest BCUT2D eigenvalue weighted by molar-refractivity contribution is -0.122. The Hall–Kier alpha value is -3.16. The molecule has 166 valence electrons. The van der Waals surface area contributed by atoms with Crippen LogP contribution in [0.5, 0.6) is 0 Å². The molecule has 31 heavy (non-hydrogen) atoms. The maximum absolute atomic E-state index is 12.9. The van der Waals surface area contributed by atoms with Crippen LogP contribution in [0, 0.1) is 5.92 Å². The molecule has 0 radical (unpaired) electrons. The Morgan fingerprint density at radius 2 is 1.71 bits per heavy atom. The number of carbonyl (C=O) groups excluding carboxylic acids is 1. The van der Waals surface area contributed by atoms with Gasteiger partial charge in [-0.2, -0.15) is 0 Å². The summed E-state index contributed by atoms with van der Waals surface area (Å²) in [5.74, 6) is -0.261. The van der Waals surface area contributed by atoms with Crippen molar-refractivity contribution >= 4 is 17.1 Å². The van der Waals surface area contributed by atoms with Crippen LogP contribution in [0.2, 0.25) is 0 Å². The first kappa shape index (κ1) is 22.5. The second-order valence-electron chi connectivity index (χ2n) is 9.42. The number of carbonyl (C=O) groups is 1. The van der Waals surface area contributed by atoms with E-state index in [2.05, 4.69) is 43.2 Å². The predicted octanol–water partition coefficient (Wildman–Crippen LogP) is 2.24. The number of fused-ring (bicyclic) bond motifs is 1. The number of hydrogen-bond donors (Lipinski definition) is 1. The Morgan fingerprint density at radius 1 is 1.10 bits per heavy atom. The minimum absolute atomic E-state index is 0.0424.